The predicted octanol–water partition coefficient (Wildman–Crippen LogP) is 18.3. The van der Waals surface area contributed by atoms with Crippen LogP contribution in [0, 0.1) is 0 Å². The van der Waals surface area contributed by atoms with Crippen LogP contribution >= 0.6 is 0 Å². The van der Waals surface area contributed by atoms with Crippen molar-refractivity contribution >= 4 is 83.4 Å². The van der Waals surface area contributed by atoms with E-state index in [2.05, 4.69) is 274 Å². The van der Waals surface area contributed by atoms with Gasteiger partial charge in [-0.05, 0) is 139 Å². The van der Waals surface area contributed by atoms with Crippen LogP contribution in [0.2, 0.25) is 0 Å². The number of rotatable bonds is 10. The Balaban J connectivity index is 0.916. The average Bonchev–Trinajstić information content (AvgIpc) is 3.95. The molecule has 0 amide bonds. The molecule has 2 aliphatic rings. The molecule has 70 heavy (non-hydrogen) atoms. The molecular weight excluding hydrogens is 849 g/mol. The lowest BCUT2D eigenvalue weighted by atomic mass is 10.0. The van der Waals surface area contributed by atoms with Gasteiger partial charge in [-0.3, -0.25) is 0 Å². The smallest absolute Gasteiger partial charge is 0.0558 e. The number of aromatic nitrogens is 2. The molecule has 0 spiro atoms. The van der Waals surface area contributed by atoms with Gasteiger partial charge in [-0.1, -0.05) is 164 Å². The third-order valence-electron chi connectivity index (χ3n) is 14.2. The lowest BCUT2D eigenvalue weighted by molar-refractivity contribution is 0.945. The maximum absolute atomic E-state index is 2.52. The average molecular weight is 899 g/mol. The zero-order valence-electron chi connectivity index (χ0n) is 38.9. The van der Waals surface area contributed by atoms with Crippen molar-refractivity contribution in [2.75, 3.05) is 9.80 Å². The first kappa shape index (κ1) is 41.3. The van der Waals surface area contributed by atoms with Crippen LogP contribution in [0.25, 0.3) is 77.3 Å². The fourth-order valence-electron chi connectivity index (χ4n) is 10.9. The van der Waals surface area contributed by atoms with Crippen molar-refractivity contribution in [3.05, 3.63) is 261 Å². The van der Waals surface area contributed by atoms with Crippen molar-refractivity contribution < 1.29 is 0 Å². The summed E-state index contributed by atoms with van der Waals surface area (Å²) in [6.07, 6.45) is 15.6. The molecule has 11 aromatic rings. The third-order valence-corrected chi connectivity index (χ3v) is 14.2. The molecule has 0 saturated heterocycles. The Hall–Kier alpha value is -8.86. The first-order valence-corrected chi connectivity index (χ1v) is 24.5. The molecule has 13 rings (SSSR count). The quantitative estimate of drug-likeness (QED) is 0.136. The minimum absolute atomic E-state index is 0.887. The van der Waals surface area contributed by atoms with Crippen LogP contribution < -0.4 is 9.80 Å². The van der Waals surface area contributed by atoms with Crippen LogP contribution in [0.3, 0.4) is 0 Å². The number of fused-ring (bicyclic) bond motifs is 6. The van der Waals surface area contributed by atoms with Crippen LogP contribution in [0.1, 0.15) is 25.7 Å². The summed E-state index contributed by atoms with van der Waals surface area (Å²) in [5.74, 6) is 0. The van der Waals surface area contributed by atoms with E-state index in [0.29, 0.717) is 0 Å². The molecule has 0 atom stereocenters. The molecule has 0 radical (unpaired) electrons. The van der Waals surface area contributed by atoms with Crippen molar-refractivity contribution in [1.29, 1.82) is 0 Å². The molecule has 0 unspecified atom stereocenters. The normalized spacial score (nSPS) is 13.7. The zero-order valence-corrected chi connectivity index (χ0v) is 38.9. The topological polar surface area (TPSA) is 16.3 Å². The van der Waals surface area contributed by atoms with Crippen molar-refractivity contribution in [3.63, 3.8) is 0 Å². The number of anilines is 5. The van der Waals surface area contributed by atoms with E-state index in [-0.39, 0.29) is 0 Å². The standard InChI is InChI=1S/C66H50N4/c1-5-17-47(18-6-1)49-29-33-53(34-30-49)67(51-21-9-3-10-22-51)57-41-43-61-59-25-13-15-27-63(59)69(65(61)45-57)55-37-39-56(40-38-55)70-64-28-16-14-26-60(64)62-44-42-58(46-66(62)70)68(52-23-11-4-12-24-52)54-35-31-50(32-36-54)48-19-7-2-8-20-48/h1-3,5-11,13-37,39,41-46H,4,12,38,40H2. The van der Waals surface area contributed by atoms with Gasteiger partial charge in [0.1, 0.15) is 0 Å². The second-order valence-corrected chi connectivity index (χ2v) is 18.4. The second kappa shape index (κ2) is 17.7. The van der Waals surface area contributed by atoms with E-state index in [1.807, 2.05) is 0 Å². The molecule has 0 N–H and O–H groups in total. The highest BCUT2D eigenvalue weighted by Gasteiger charge is 2.23. The molecule has 0 fully saturated rings. The number of nitrogens with zero attached hydrogens (tertiary/aromatic N) is 4. The van der Waals surface area contributed by atoms with Gasteiger partial charge in [0, 0.05) is 67.1 Å². The largest absolute Gasteiger partial charge is 0.313 e. The summed E-state index contributed by atoms with van der Waals surface area (Å²) in [5, 5.41) is 5.04. The van der Waals surface area contributed by atoms with Crippen molar-refractivity contribution in [2.24, 2.45) is 0 Å². The summed E-state index contributed by atoms with van der Waals surface area (Å²) in [6.45, 7) is 0. The number of para-hydroxylation sites is 3. The SMILES string of the molecule is C1=CC(N(c2ccc(-c3ccccc3)cc2)c2ccc3c4ccccc4n(C4=CC=C(n5c6ccccc6c6ccc(N(c7ccccc7)c7ccc(-c8ccccc8)cc7)cc65)CC4)c3c2)=CCC1. The van der Waals surface area contributed by atoms with E-state index < -0.39 is 0 Å². The van der Waals surface area contributed by atoms with E-state index in [1.165, 1.54) is 83.0 Å². The lowest BCUT2D eigenvalue weighted by Gasteiger charge is -2.28. The summed E-state index contributed by atoms with van der Waals surface area (Å²) in [4.78, 5) is 4.80. The van der Waals surface area contributed by atoms with E-state index in [9.17, 15) is 0 Å². The van der Waals surface area contributed by atoms with Crippen molar-refractivity contribution in [3.8, 4) is 22.3 Å². The first-order chi connectivity index (χ1) is 34.7. The molecule has 0 bridgehead atoms. The van der Waals surface area contributed by atoms with E-state index >= 15 is 0 Å². The van der Waals surface area contributed by atoms with Gasteiger partial charge < -0.3 is 18.9 Å². The van der Waals surface area contributed by atoms with Crippen molar-refractivity contribution in [1.82, 2.24) is 9.13 Å². The Morgan fingerprint density at radius 2 is 0.714 bits per heavy atom. The Bertz CT molecular complexity index is 3850. The van der Waals surface area contributed by atoms with Gasteiger partial charge in [0.2, 0.25) is 0 Å². The summed E-state index contributed by atoms with van der Waals surface area (Å²) in [6, 6.07) is 81.8. The van der Waals surface area contributed by atoms with Gasteiger partial charge in [0.25, 0.3) is 0 Å². The monoisotopic (exact) mass is 898 g/mol. The molecule has 334 valence electrons. The Kier molecular flexibility index (Phi) is 10.4. The summed E-state index contributed by atoms with van der Waals surface area (Å²) >= 11 is 0. The highest BCUT2D eigenvalue weighted by atomic mass is 15.2. The number of hydrogen-bond donors (Lipinski definition) is 0. The Labute approximate surface area is 408 Å². The number of benzene rings is 9. The molecule has 4 nitrogen and oxygen atoms in total. The van der Waals surface area contributed by atoms with Gasteiger partial charge in [0.05, 0.1) is 22.1 Å². The zero-order chi connectivity index (χ0) is 46.4. The van der Waals surface area contributed by atoms with Gasteiger partial charge in [0.15, 0.2) is 0 Å². The molecule has 9 aromatic carbocycles. The van der Waals surface area contributed by atoms with Crippen molar-refractivity contribution in [2.45, 2.75) is 25.7 Å². The van der Waals surface area contributed by atoms with Crippen LogP contribution in [0.5, 0.6) is 0 Å². The lowest BCUT2D eigenvalue weighted by Crippen LogP contribution is -2.16. The van der Waals surface area contributed by atoms with Crippen LogP contribution in [0.4, 0.5) is 28.4 Å². The summed E-state index contributed by atoms with van der Waals surface area (Å²) in [7, 11) is 0. The van der Waals surface area contributed by atoms with E-state index in [1.54, 1.807) is 0 Å². The minimum atomic E-state index is 0.887. The molecule has 4 heteroatoms. The maximum Gasteiger partial charge on any atom is 0.0558 e. The Morgan fingerprint density at radius 3 is 1.20 bits per heavy atom. The molecule has 2 heterocycles. The highest BCUT2D eigenvalue weighted by molar-refractivity contribution is 6.13. The summed E-state index contributed by atoms with van der Waals surface area (Å²) < 4.78 is 5.04. The number of allylic oxidation sites excluding steroid dienone is 7. The fraction of sp³-hybridized carbons (Fsp3) is 0.0606. The van der Waals surface area contributed by atoms with Gasteiger partial charge in [-0.25, -0.2) is 0 Å². The molecule has 2 aromatic heterocycles. The maximum atomic E-state index is 2.52. The summed E-state index contributed by atoms with van der Waals surface area (Å²) in [5.41, 5.74) is 19.1. The predicted molar refractivity (Wildman–Crippen MR) is 297 cm³/mol. The van der Waals surface area contributed by atoms with E-state index in [0.717, 1.165) is 54.1 Å². The second-order valence-electron chi connectivity index (χ2n) is 18.4. The van der Waals surface area contributed by atoms with E-state index in [4.69, 9.17) is 0 Å². The van der Waals surface area contributed by atoms with Crippen LogP contribution in [0.15, 0.2) is 261 Å². The molecular formula is C66H50N4. The fourth-order valence-corrected chi connectivity index (χ4v) is 10.9. The van der Waals surface area contributed by atoms with Crippen LogP contribution in [-0.2, 0) is 0 Å². The third kappa shape index (κ3) is 7.33. The molecule has 2 aliphatic carbocycles. The highest BCUT2D eigenvalue weighted by Crippen LogP contribution is 2.44. The van der Waals surface area contributed by atoms with Gasteiger partial charge >= 0.3 is 0 Å². The van der Waals surface area contributed by atoms with Crippen LogP contribution in [-0.4, -0.2) is 9.13 Å². The molecule has 0 saturated carbocycles. The van der Waals surface area contributed by atoms with Gasteiger partial charge in [-0.15, -0.1) is 0 Å². The Morgan fingerprint density at radius 1 is 0.314 bits per heavy atom. The van der Waals surface area contributed by atoms with Gasteiger partial charge in [-0.2, -0.15) is 0 Å². The number of hydrogen-bond acceptors (Lipinski definition) is 2. The molecule has 0 aliphatic heterocycles. The first-order valence-electron chi connectivity index (χ1n) is 24.5. The minimum Gasteiger partial charge on any atom is -0.313 e.